The molecule has 0 saturated heterocycles. The molecule has 0 spiro atoms. The molecule has 10 heteroatoms. The Morgan fingerprint density at radius 1 is 1.14 bits per heavy atom. The van der Waals surface area contributed by atoms with Crippen molar-refractivity contribution in [1.82, 2.24) is 0 Å². The molecule has 2 aromatic carbocycles. The van der Waals surface area contributed by atoms with Crippen molar-refractivity contribution in [3.63, 3.8) is 0 Å². The van der Waals surface area contributed by atoms with Crippen LogP contribution in [0.2, 0.25) is 0 Å². The third-order valence-electron chi connectivity index (χ3n) is 3.99. The summed E-state index contributed by atoms with van der Waals surface area (Å²) in [5.41, 5.74) is 0.716. The van der Waals surface area contributed by atoms with E-state index in [1.165, 1.54) is 25.3 Å². The van der Waals surface area contributed by atoms with E-state index < -0.39 is 23.4 Å². The zero-order valence-electron chi connectivity index (χ0n) is 15.5. The maximum absolute atomic E-state index is 12.0. The van der Waals surface area contributed by atoms with Crippen molar-refractivity contribution in [3.05, 3.63) is 52.1 Å². The van der Waals surface area contributed by atoms with Crippen molar-refractivity contribution >= 4 is 23.3 Å². The molecule has 10 nitrogen and oxygen atoms in total. The fourth-order valence-electron chi connectivity index (χ4n) is 2.64. The predicted molar refractivity (Wildman–Crippen MR) is 100 cm³/mol. The number of carbonyl (C=O) groups is 2. The van der Waals surface area contributed by atoms with Gasteiger partial charge in [-0.25, -0.2) is 0 Å². The van der Waals surface area contributed by atoms with Gasteiger partial charge < -0.3 is 24.3 Å². The minimum Gasteiger partial charge on any atom is -0.494 e. The van der Waals surface area contributed by atoms with Crippen LogP contribution in [-0.4, -0.2) is 43.7 Å². The summed E-state index contributed by atoms with van der Waals surface area (Å²) in [6, 6.07) is 8.88. The van der Waals surface area contributed by atoms with Gasteiger partial charge in [0.05, 0.1) is 30.2 Å². The smallest absolute Gasteiger partial charge is 0.310 e. The number of nitrogens with one attached hydrogen (secondary N) is 1. The number of fused-ring (bicyclic) bond motifs is 1. The second-order valence-electron chi connectivity index (χ2n) is 6.01. The van der Waals surface area contributed by atoms with Crippen molar-refractivity contribution in [3.8, 4) is 17.2 Å². The Balaban J connectivity index is 1.53. The number of ether oxygens (including phenoxy) is 4. The van der Waals surface area contributed by atoms with E-state index in [0.717, 1.165) is 0 Å². The van der Waals surface area contributed by atoms with Gasteiger partial charge in [-0.2, -0.15) is 0 Å². The largest absolute Gasteiger partial charge is 0.494 e. The van der Waals surface area contributed by atoms with Crippen LogP contribution in [0.5, 0.6) is 17.2 Å². The molecule has 0 unspecified atom stereocenters. The SMILES string of the molecule is COc1cc([N+](=O)[O-])ccc1NC(=O)COC(=O)Cc1ccc2c(c1)OCCO2. The lowest BCUT2D eigenvalue weighted by molar-refractivity contribution is -0.384. The van der Waals surface area contributed by atoms with Gasteiger partial charge in [-0.05, 0) is 23.8 Å². The summed E-state index contributed by atoms with van der Waals surface area (Å²) in [5, 5.41) is 13.3. The Kier molecular flexibility index (Phi) is 6.12. The summed E-state index contributed by atoms with van der Waals surface area (Å²) in [6.45, 7) is 0.403. The van der Waals surface area contributed by atoms with E-state index in [9.17, 15) is 19.7 Å². The van der Waals surface area contributed by atoms with Crippen LogP contribution < -0.4 is 19.5 Å². The number of hydrogen-bond acceptors (Lipinski definition) is 8. The van der Waals surface area contributed by atoms with Crippen molar-refractivity contribution in [1.29, 1.82) is 0 Å². The van der Waals surface area contributed by atoms with Gasteiger partial charge in [-0.15, -0.1) is 0 Å². The second-order valence-corrected chi connectivity index (χ2v) is 6.01. The number of benzene rings is 2. The van der Waals surface area contributed by atoms with E-state index in [4.69, 9.17) is 18.9 Å². The normalized spacial score (nSPS) is 12.0. The Morgan fingerprint density at radius 3 is 2.62 bits per heavy atom. The Bertz CT molecular complexity index is 944. The van der Waals surface area contributed by atoms with Gasteiger partial charge in [-0.1, -0.05) is 6.07 Å². The number of carbonyl (C=O) groups excluding carboxylic acids is 2. The number of anilines is 1. The minimum atomic E-state index is -0.604. The summed E-state index contributed by atoms with van der Waals surface area (Å²) in [7, 11) is 1.32. The molecule has 1 amide bonds. The van der Waals surface area contributed by atoms with Crippen LogP contribution in [0.3, 0.4) is 0 Å². The lowest BCUT2D eigenvalue weighted by Gasteiger charge is -2.18. The van der Waals surface area contributed by atoms with Crippen LogP contribution in [0.4, 0.5) is 11.4 Å². The number of nitrogens with zero attached hydrogens (tertiary/aromatic N) is 1. The molecule has 1 aliphatic rings. The van der Waals surface area contributed by atoms with Crippen molar-refractivity contribution in [2.45, 2.75) is 6.42 Å². The van der Waals surface area contributed by atoms with Crippen molar-refractivity contribution in [2.24, 2.45) is 0 Å². The number of methoxy groups -OCH3 is 1. The molecule has 152 valence electrons. The van der Waals surface area contributed by atoms with Crippen LogP contribution in [0.25, 0.3) is 0 Å². The fraction of sp³-hybridized carbons (Fsp3) is 0.263. The molecule has 2 aromatic rings. The molecule has 0 aromatic heterocycles. The molecular weight excluding hydrogens is 384 g/mol. The topological polar surface area (TPSA) is 126 Å². The fourth-order valence-corrected chi connectivity index (χ4v) is 2.64. The first-order valence-electron chi connectivity index (χ1n) is 8.62. The van der Waals surface area contributed by atoms with Gasteiger partial charge in [0.1, 0.15) is 19.0 Å². The molecule has 0 aliphatic carbocycles. The van der Waals surface area contributed by atoms with Gasteiger partial charge in [0.15, 0.2) is 18.1 Å². The monoisotopic (exact) mass is 402 g/mol. The van der Waals surface area contributed by atoms with Gasteiger partial charge in [0, 0.05) is 6.07 Å². The third-order valence-corrected chi connectivity index (χ3v) is 3.99. The van der Waals surface area contributed by atoms with Crippen LogP contribution in [0.1, 0.15) is 5.56 Å². The first-order chi connectivity index (χ1) is 14.0. The summed E-state index contributed by atoms with van der Waals surface area (Å²) >= 11 is 0. The quantitative estimate of drug-likeness (QED) is 0.424. The second kappa shape index (κ2) is 8.91. The van der Waals surface area contributed by atoms with Crippen molar-refractivity contribution < 1.29 is 33.5 Å². The number of nitro benzene ring substituents is 1. The van der Waals surface area contributed by atoms with Crippen LogP contribution in [-0.2, 0) is 20.7 Å². The van der Waals surface area contributed by atoms with Crippen LogP contribution in [0.15, 0.2) is 36.4 Å². The Morgan fingerprint density at radius 2 is 1.90 bits per heavy atom. The first kappa shape index (κ1) is 19.9. The van der Waals surface area contributed by atoms with Gasteiger partial charge >= 0.3 is 5.97 Å². The van der Waals surface area contributed by atoms with Crippen LogP contribution >= 0.6 is 0 Å². The van der Waals surface area contributed by atoms with Gasteiger partial charge in [0.25, 0.3) is 11.6 Å². The highest BCUT2D eigenvalue weighted by molar-refractivity contribution is 5.94. The first-order valence-corrected chi connectivity index (χ1v) is 8.62. The van der Waals surface area contributed by atoms with Crippen LogP contribution in [0, 0.1) is 10.1 Å². The molecule has 1 N–H and O–H groups in total. The molecule has 0 saturated carbocycles. The molecule has 0 bridgehead atoms. The molecule has 0 atom stereocenters. The average molecular weight is 402 g/mol. The van der Waals surface area contributed by atoms with Gasteiger partial charge in [-0.3, -0.25) is 19.7 Å². The number of hydrogen-bond donors (Lipinski definition) is 1. The summed E-state index contributed by atoms with van der Waals surface area (Å²) in [4.78, 5) is 34.3. The standard InChI is InChI=1S/C19H18N2O8/c1-26-16-10-13(21(24)25)3-4-14(16)20-18(22)11-29-19(23)9-12-2-5-15-17(8-12)28-7-6-27-15/h2-5,8,10H,6-7,9,11H2,1H3,(H,20,22). The lowest BCUT2D eigenvalue weighted by atomic mass is 10.1. The molecular formula is C19H18N2O8. The highest BCUT2D eigenvalue weighted by atomic mass is 16.6. The summed E-state index contributed by atoms with van der Waals surface area (Å²) in [6.07, 6.45) is -0.0369. The number of esters is 1. The summed E-state index contributed by atoms with van der Waals surface area (Å²) in [5.74, 6) is 0.102. The van der Waals surface area contributed by atoms with E-state index in [1.807, 2.05) is 0 Å². The molecule has 29 heavy (non-hydrogen) atoms. The van der Waals surface area contributed by atoms with Crippen molar-refractivity contribution in [2.75, 3.05) is 32.2 Å². The van der Waals surface area contributed by atoms with E-state index >= 15 is 0 Å². The zero-order chi connectivity index (χ0) is 20.8. The third kappa shape index (κ3) is 5.12. The van der Waals surface area contributed by atoms with E-state index in [-0.39, 0.29) is 23.5 Å². The van der Waals surface area contributed by atoms with E-state index in [0.29, 0.717) is 30.3 Å². The predicted octanol–water partition coefficient (Wildman–Crippen LogP) is 2.10. The number of non-ortho nitro benzene ring substituents is 1. The average Bonchev–Trinajstić information content (AvgIpc) is 2.72. The molecule has 1 heterocycles. The molecule has 1 aliphatic heterocycles. The minimum absolute atomic E-state index is 0.0369. The Hall–Kier alpha value is -3.82. The molecule has 0 radical (unpaired) electrons. The number of nitro groups is 1. The number of rotatable bonds is 7. The maximum atomic E-state index is 12.0. The highest BCUT2D eigenvalue weighted by Crippen LogP contribution is 2.31. The zero-order valence-corrected chi connectivity index (χ0v) is 15.5. The molecule has 0 fully saturated rings. The summed E-state index contributed by atoms with van der Waals surface area (Å²) < 4.78 is 20.9. The highest BCUT2D eigenvalue weighted by Gasteiger charge is 2.16. The number of amides is 1. The molecule has 3 rings (SSSR count). The van der Waals surface area contributed by atoms with E-state index in [2.05, 4.69) is 5.32 Å². The Labute approximate surface area is 165 Å². The van der Waals surface area contributed by atoms with Gasteiger partial charge in [0.2, 0.25) is 0 Å². The maximum Gasteiger partial charge on any atom is 0.310 e. The van der Waals surface area contributed by atoms with E-state index in [1.54, 1.807) is 18.2 Å². The lowest BCUT2D eigenvalue weighted by Crippen LogP contribution is -2.22.